The van der Waals surface area contributed by atoms with Gasteiger partial charge in [0.25, 0.3) is 0 Å². The van der Waals surface area contributed by atoms with E-state index in [1.165, 1.54) is 11.8 Å². The van der Waals surface area contributed by atoms with E-state index >= 15 is 0 Å². The van der Waals surface area contributed by atoms with E-state index in [4.69, 9.17) is 32.9 Å². The minimum atomic E-state index is 0.321. The second-order valence-corrected chi connectivity index (χ2v) is 7.75. The number of aromatic nitrogens is 4. The maximum atomic E-state index is 6.23. The van der Waals surface area contributed by atoms with Gasteiger partial charge in [-0.25, -0.2) is 4.98 Å². The number of hydrogen-bond acceptors (Lipinski definition) is 5. The molecule has 0 amide bonds. The van der Waals surface area contributed by atoms with Crippen LogP contribution in [0.25, 0.3) is 11.4 Å². The summed E-state index contributed by atoms with van der Waals surface area (Å²) in [5.74, 6) is 1.69. The van der Waals surface area contributed by atoms with Crippen molar-refractivity contribution < 1.29 is 4.74 Å². The zero-order chi connectivity index (χ0) is 18.4. The summed E-state index contributed by atoms with van der Waals surface area (Å²) < 4.78 is 5.96. The Balaban J connectivity index is 1.37. The first-order chi connectivity index (χ1) is 13.2. The second-order valence-electron chi connectivity index (χ2n) is 6.90. The Kier molecular flexibility index (Phi) is 4.27. The Morgan fingerprint density at radius 3 is 2.96 bits per heavy atom. The molecule has 1 atom stereocenters. The Hall–Kier alpha value is -2.15. The highest BCUT2D eigenvalue weighted by Crippen LogP contribution is 2.32. The molecular formula is C19H17Cl2N5O. The molecule has 3 aromatic rings. The summed E-state index contributed by atoms with van der Waals surface area (Å²) in [6, 6.07) is 6.15. The van der Waals surface area contributed by atoms with E-state index in [-0.39, 0.29) is 0 Å². The predicted octanol–water partition coefficient (Wildman–Crippen LogP) is 3.54. The number of nitrogens with one attached hydrogen (secondary N) is 1. The fourth-order valence-electron chi connectivity index (χ4n) is 3.82. The van der Waals surface area contributed by atoms with Gasteiger partial charge in [0.15, 0.2) is 0 Å². The van der Waals surface area contributed by atoms with Crippen molar-refractivity contribution in [3.05, 3.63) is 57.6 Å². The minimum Gasteiger partial charge on any atom is -0.492 e. The van der Waals surface area contributed by atoms with Crippen LogP contribution in [0.1, 0.15) is 17.0 Å². The van der Waals surface area contributed by atoms with Crippen LogP contribution in [0.15, 0.2) is 30.6 Å². The average molecular weight is 402 g/mol. The van der Waals surface area contributed by atoms with Crippen LogP contribution in [0.3, 0.4) is 0 Å². The zero-order valence-corrected chi connectivity index (χ0v) is 16.0. The average Bonchev–Trinajstić information content (AvgIpc) is 3.10. The van der Waals surface area contributed by atoms with E-state index in [1.54, 1.807) is 6.20 Å². The van der Waals surface area contributed by atoms with Crippen LogP contribution in [0, 0.1) is 0 Å². The van der Waals surface area contributed by atoms with Crippen LogP contribution < -0.4 is 4.74 Å². The molecule has 0 saturated heterocycles. The first kappa shape index (κ1) is 17.0. The van der Waals surface area contributed by atoms with Crippen LogP contribution in [0.5, 0.6) is 5.75 Å². The third-order valence-electron chi connectivity index (χ3n) is 5.22. The summed E-state index contributed by atoms with van der Waals surface area (Å²) in [6.45, 7) is 2.44. The first-order valence-electron chi connectivity index (χ1n) is 8.87. The number of imidazole rings is 1. The van der Waals surface area contributed by atoms with Crippen molar-refractivity contribution in [2.75, 3.05) is 13.2 Å². The molecular weight excluding hydrogens is 385 g/mol. The number of hydrogen-bond donors (Lipinski definition) is 1. The maximum absolute atomic E-state index is 6.23. The molecule has 4 heterocycles. The van der Waals surface area contributed by atoms with Gasteiger partial charge in [-0.1, -0.05) is 23.2 Å². The lowest BCUT2D eigenvalue weighted by Gasteiger charge is -2.36. The van der Waals surface area contributed by atoms with Crippen molar-refractivity contribution in [3.8, 4) is 17.1 Å². The van der Waals surface area contributed by atoms with Crippen LogP contribution >= 0.6 is 23.2 Å². The lowest BCUT2D eigenvalue weighted by molar-refractivity contribution is 0.106. The molecule has 0 bridgehead atoms. The van der Waals surface area contributed by atoms with E-state index in [0.29, 0.717) is 17.7 Å². The van der Waals surface area contributed by atoms with Crippen molar-refractivity contribution >= 4 is 23.2 Å². The molecule has 0 aliphatic carbocycles. The highest BCUT2D eigenvalue weighted by atomic mass is 35.5. The lowest BCUT2D eigenvalue weighted by Crippen LogP contribution is -2.45. The number of halogens is 2. The first-order valence-corrected chi connectivity index (χ1v) is 9.62. The number of nitrogens with zero attached hydrogens (tertiary/aromatic N) is 4. The quantitative estimate of drug-likeness (QED) is 0.711. The molecule has 1 aromatic carbocycles. The number of ether oxygens (including phenoxy) is 1. The zero-order valence-electron chi connectivity index (χ0n) is 14.5. The molecule has 0 saturated carbocycles. The Morgan fingerprint density at radius 2 is 2.07 bits per heavy atom. The van der Waals surface area contributed by atoms with Crippen molar-refractivity contribution in [2.45, 2.75) is 25.4 Å². The summed E-state index contributed by atoms with van der Waals surface area (Å²) >= 11 is 12.4. The van der Waals surface area contributed by atoms with Gasteiger partial charge in [0, 0.05) is 30.6 Å². The summed E-state index contributed by atoms with van der Waals surface area (Å²) in [7, 11) is 0. The number of rotatable bonds is 2. The molecule has 0 radical (unpaired) electrons. The smallest absolute Gasteiger partial charge is 0.141 e. The summed E-state index contributed by atoms with van der Waals surface area (Å²) in [4.78, 5) is 10.6. The van der Waals surface area contributed by atoms with Gasteiger partial charge in [-0.15, -0.1) is 0 Å². The number of H-pyrrole nitrogens is 1. The van der Waals surface area contributed by atoms with Crippen molar-refractivity contribution in [1.29, 1.82) is 0 Å². The van der Waals surface area contributed by atoms with E-state index in [2.05, 4.69) is 20.1 Å². The fourth-order valence-corrected chi connectivity index (χ4v) is 4.19. The summed E-state index contributed by atoms with van der Waals surface area (Å²) in [6.07, 6.45) is 5.00. The van der Waals surface area contributed by atoms with E-state index in [1.807, 2.05) is 18.2 Å². The van der Waals surface area contributed by atoms with Crippen molar-refractivity contribution in [3.63, 3.8) is 0 Å². The van der Waals surface area contributed by atoms with E-state index < -0.39 is 0 Å². The van der Waals surface area contributed by atoms with Gasteiger partial charge in [-0.05, 0) is 30.2 Å². The van der Waals surface area contributed by atoms with Crippen LogP contribution in [-0.4, -0.2) is 44.3 Å². The van der Waals surface area contributed by atoms with E-state index in [0.717, 1.165) is 59.5 Å². The topological polar surface area (TPSA) is 66.9 Å². The summed E-state index contributed by atoms with van der Waals surface area (Å²) in [5.41, 5.74) is 4.16. The Labute approximate surface area is 166 Å². The predicted molar refractivity (Wildman–Crippen MR) is 103 cm³/mol. The van der Waals surface area contributed by atoms with E-state index in [9.17, 15) is 0 Å². The molecule has 2 aliphatic rings. The molecule has 2 aliphatic heterocycles. The Morgan fingerprint density at radius 1 is 1.19 bits per heavy atom. The minimum absolute atomic E-state index is 0.321. The number of fused-ring (bicyclic) bond motifs is 2. The molecule has 6 nitrogen and oxygen atoms in total. The second kappa shape index (κ2) is 6.78. The standard InChI is InChI=1S/C19H17Cl2N5O/c20-12-1-2-18-11(5-12)6-13(10-27-18)26-4-3-16-17(9-26)25-19(24-16)14-7-22-23-8-15(14)21/h1-2,5,7-8,13H,3-4,6,9-10H2,(H,24,25)/t13-/m1/s1. The summed E-state index contributed by atoms with van der Waals surface area (Å²) in [5, 5.41) is 9.00. The third-order valence-corrected chi connectivity index (χ3v) is 5.76. The van der Waals surface area contributed by atoms with Crippen LogP contribution in [0.2, 0.25) is 10.0 Å². The van der Waals surface area contributed by atoms with Crippen LogP contribution in [0.4, 0.5) is 0 Å². The van der Waals surface area contributed by atoms with Crippen molar-refractivity contribution in [1.82, 2.24) is 25.1 Å². The molecule has 138 valence electrons. The lowest BCUT2D eigenvalue weighted by atomic mass is 9.99. The van der Waals surface area contributed by atoms with Gasteiger partial charge in [-0.2, -0.15) is 10.2 Å². The van der Waals surface area contributed by atoms with Gasteiger partial charge in [0.2, 0.25) is 0 Å². The molecule has 0 fully saturated rings. The maximum Gasteiger partial charge on any atom is 0.141 e. The fraction of sp³-hybridized carbons (Fsp3) is 0.316. The van der Waals surface area contributed by atoms with Gasteiger partial charge < -0.3 is 9.72 Å². The molecule has 27 heavy (non-hydrogen) atoms. The number of aromatic amines is 1. The normalized spacial score (nSPS) is 19.3. The van der Waals surface area contributed by atoms with Crippen LogP contribution in [-0.2, 0) is 19.4 Å². The highest BCUT2D eigenvalue weighted by Gasteiger charge is 2.30. The molecule has 5 rings (SSSR count). The van der Waals surface area contributed by atoms with Gasteiger partial charge >= 0.3 is 0 Å². The van der Waals surface area contributed by atoms with Gasteiger partial charge in [0.1, 0.15) is 18.2 Å². The third kappa shape index (κ3) is 3.18. The molecule has 8 heteroatoms. The molecule has 0 spiro atoms. The van der Waals surface area contributed by atoms with Crippen molar-refractivity contribution in [2.24, 2.45) is 0 Å². The molecule has 0 unspecified atom stereocenters. The molecule has 1 N–H and O–H groups in total. The molecule has 2 aromatic heterocycles. The highest BCUT2D eigenvalue weighted by molar-refractivity contribution is 6.33. The largest absolute Gasteiger partial charge is 0.492 e. The number of benzene rings is 1. The monoisotopic (exact) mass is 401 g/mol. The van der Waals surface area contributed by atoms with Gasteiger partial charge in [0.05, 0.1) is 34.4 Å². The SMILES string of the molecule is Clc1ccc2c(c1)C[C@@H](N1CCc3nc(-c4cnncc4Cl)[nH]c3C1)CO2. The Bertz CT molecular complexity index is 1010. The van der Waals surface area contributed by atoms with Gasteiger partial charge in [-0.3, -0.25) is 4.90 Å².